The topological polar surface area (TPSA) is 78.6 Å². The van der Waals surface area contributed by atoms with Gasteiger partial charge in [0.05, 0.1) is 25.5 Å². The van der Waals surface area contributed by atoms with Crippen LogP contribution in [-0.4, -0.2) is 38.0 Å². The monoisotopic (exact) mass is 283 g/mol. The van der Waals surface area contributed by atoms with Crippen molar-refractivity contribution < 1.29 is 14.2 Å². The highest BCUT2D eigenvalue weighted by Gasteiger charge is 2.11. The molecular formula is C14H25N3O3. The fourth-order valence-corrected chi connectivity index (χ4v) is 1.75. The van der Waals surface area contributed by atoms with Crippen molar-refractivity contribution in [3.05, 3.63) is 24.0 Å². The zero-order chi connectivity index (χ0) is 14.8. The van der Waals surface area contributed by atoms with Crippen LogP contribution in [0.3, 0.4) is 0 Å². The van der Waals surface area contributed by atoms with Gasteiger partial charge in [-0.05, 0) is 31.9 Å². The summed E-state index contributed by atoms with van der Waals surface area (Å²) in [5.74, 6) is 6.35. The number of rotatable bonds is 10. The fourth-order valence-electron chi connectivity index (χ4n) is 1.75. The molecule has 0 spiro atoms. The van der Waals surface area contributed by atoms with Crippen LogP contribution < -0.4 is 16.0 Å². The Morgan fingerprint density at radius 1 is 1.25 bits per heavy atom. The molecule has 1 atom stereocenters. The van der Waals surface area contributed by atoms with E-state index >= 15 is 0 Å². The molecule has 0 bridgehead atoms. The van der Waals surface area contributed by atoms with E-state index in [9.17, 15) is 0 Å². The molecule has 6 heteroatoms. The molecule has 0 aromatic carbocycles. The fraction of sp³-hybridized carbons (Fsp3) is 0.643. The second kappa shape index (κ2) is 9.66. The number of ether oxygens (including phenoxy) is 3. The maximum absolute atomic E-state index is 5.63. The molecule has 0 radical (unpaired) electrons. The van der Waals surface area contributed by atoms with Crippen molar-refractivity contribution in [3.63, 3.8) is 0 Å². The minimum Gasteiger partial charge on any atom is -0.489 e. The lowest BCUT2D eigenvalue weighted by Crippen LogP contribution is -2.29. The van der Waals surface area contributed by atoms with Crippen molar-refractivity contribution in [2.75, 3.05) is 26.9 Å². The van der Waals surface area contributed by atoms with E-state index in [0.717, 1.165) is 17.7 Å². The van der Waals surface area contributed by atoms with E-state index < -0.39 is 0 Å². The van der Waals surface area contributed by atoms with E-state index in [-0.39, 0.29) is 12.1 Å². The summed E-state index contributed by atoms with van der Waals surface area (Å²) in [5.41, 5.74) is 3.77. The van der Waals surface area contributed by atoms with Crippen molar-refractivity contribution in [2.24, 2.45) is 5.84 Å². The first-order valence-corrected chi connectivity index (χ1v) is 6.81. The Kier molecular flexibility index (Phi) is 8.13. The predicted molar refractivity (Wildman–Crippen MR) is 77.4 cm³/mol. The summed E-state index contributed by atoms with van der Waals surface area (Å²) in [7, 11) is 1.65. The average molecular weight is 283 g/mol. The van der Waals surface area contributed by atoms with Gasteiger partial charge in [-0.2, -0.15) is 0 Å². The number of hydrazine groups is 1. The number of hydrogen-bond acceptors (Lipinski definition) is 6. The van der Waals surface area contributed by atoms with Crippen LogP contribution in [0.15, 0.2) is 18.5 Å². The van der Waals surface area contributed by atoms with E-state index in [1.165, 1.54) is 0 Å². The van der Waals surface area contributed by atoms with Gasteiger partial charge in [-0.3, -0.25) is 16.3 Å². The smallest absolute Gasteiger partial charge is 0.138 e. The number of hydrogen-bond donors (Lipinski definition) is 2. The molecule has 0 fully saturated rings. The maximum atomic E-state index is 5.63. The number of aromatic nitrogens is 1. The summed E-state index contributed by atoms with van der Waals surface area (Å²) >= 11 is 0. The van der Waals surface area contributed by atoms with Crippen LogP contribution in [0.1, 0.15) is 31.9 Å². The van der Waals surface area contributed by atoms with Crippen LogP contribution in [0, 0.1) is 0 Å². The zero-order valence-electron chi connectivity index (χ0n) is 12.5. The lowest BCUT2D eigenvalue weighted by atomic mass is 10.1. The molecular weight excluding hydrogens is 258 g/mol. The first-order valence-electron chi connectivity index (χ1n) is 6.81. The largest absolute Gasteiger partial charge is 0.489 e. The molecule has 0 saturated carbocycles. The molecule has 0 amide bonds. The van der Waals surface area contributed by atoms with Crippen LogP contribution in [0.25, 0.3) is 0 Å². The normalized spacial score (nSPS) is 12.7. The van der Waals surface area contributed by atoms with Gasteiger partial charge in [0.2, 0.25) is 0 Å². The molecule has 1 aromatic rings. The lowest BCUT2D eigenvalue weighted by Gasteiger charge is -2.17. The summed E-state index contributed by atoms with van der Waals surface area (Å²) in [6, 6.07) is 1.94. The van der Waals surface area contributed by atoms with Crippen molar-refractivity contribution in [2.45, 2.75) is 32.4 Å². The van der Waals surface area contributed by atoms with Gasteiger partial charge in [0.15, 0.2) is 0 Å². The second-order valence-corrected chi connectivity index (χ2v) is 4.73. The summed E-state index contributed by atoms with van der Waals surface area (Å²) in [4.78, 5) is 4.18. The summed E-state index contributed by atoms with van der Waals surface area (Å²) in [6.45, 7) is 5.75. The van der Waals surface area contributed by atoms with Crippen molar-refractivity contribution in [1.82, 2.24) is 10.4 Å². The maximum Gasteiger partial charge on any atom is 0.138 e. The van der Waals surface area contributed by atoms with Crippen LogP contribution in [-0.2, 0) is 9.47 Å². The SMILES string of the molecule is COCCOCCC(NN)c1cncc(OC(C)C)c1. The standard InChI is InChI=1S/C14H25N3O3/c1-11(2)20-13-8-12(9-16-10-13)14(17-15)4-5-19-7-6-18-3/h8-11,14,17H,4-7,15H2,1-3H3. The molecule has 6 nitrogen and oxygen atoms in total. The quantitative estimate of drug-likeness (QED) is 0.384. The van der Waals surface area contributed by atoms with Crippen molar-refractivity contribution >= 4 is 0 Å². The lowest BCUT2D eigenvalue weighted by molar-refractivity contribution is 0.0657. The first-order chi connectivity index (χ1) is 9.67. The third kappa shape index (κ3) is 6.29. The number of pyridine rings is 1. The highest BCUT2D eigenvalue weighted by Crippen LogP contribution is 2.20. The third-order valence-electron chi connectivity index (χ3n) is 2.69. The molecule has 0 aliphatic carbocycles. The van der Waals surface area contributed by atoms with Gasteiger partial charge in [0, 0.05) is 26.0 Å². The molecule has 0 aliphatic rings. The third-order valence-corrected chi connectivity index (χ3v) is 2.69. The van der Waals surface area contributed by atoms with E-state index in [1.807, 2.05) is 19.9 Å². The predicted octanol–water partition coefficient (Wildman–Crippen LogP) is 1.43. The van der Waals surface area contributed by atoms with Gasteiger partial charge in [0.25, 0.3) is 0 Å². The Morgan fingerprint density at radius 3 is 2.70 bits per heavy atom. The molecule has 3 N–H and O–H groups in total. The van der Waals surface area contributed by atoms with Crippen molar-refractivity contribution in [3.8, 4) is 5.75 Å². The van der Waals surface area contributed by atoms with Gasteiger partial charge < -0.3 is 14.2 Å². The number of nitrogens with one attached hydrogen (secondary N) is 1. The van der Waals surface area contributed by atoms with Crippen molar-refractivity contribution in [1.29, 1.82) is 0 Å². The van der Waals surface area contributed by atoms with Crippen LogP contribution >= 0.6 is 0 Å². The number of nitrogens with zero attached hydrogens (tertiary/aromatic N) is 1. The molecule has 114 valence electrons. The Morgan fingerprint density at radius 2 is 2.05 bits per heavy atom. The Bertz CT molecular complexity index is 374. The summed E-state index contributed by atoms with van der Waals surface area (Å²) in [6.07, 6.45) is 4.36. The second-order valence-electron chi connectivity index (χ2n) is 4.73. The van der Waals surface area contributed by atoms with Crippen LogP contribution in [0.4, 0.5) is 0 Å². The van der Waals surface area contributed by atoms with Crippen LogP contribution in [0.2, 0.25) is 0 Å². The summed E-state index contributed by atoms with van der Waals surface area (Å²) < 4.78 is 16.0. The number of methoxy groups -OCH3 is 1. The molecule has 1 aromatic heterocycles. The van der Waals surface area contributed by atoms with Gasteiger partial charge in [-0.25, -0.2) is 0 Å². The molecule has 0 saturated heterocycles. The Hall–Kier alpha value is -1.21. The van der Waals surface area contributed by atoms with E-state index in [1.54, 1.807) is 19.5 Å². The van der Waals surface area contributed by atoms with E-state index in [0.29, 0.717) is 19.8 Å². The Balaban J connectivity index is 2.51. The average Bonchev–Trinajstić information content (AvgIpc) is 2.42. The van der Waals surface area contributed by atoms with Gasteiger partial charge >= 0.3 is 0 Å². The molecule has 1 heterocycles. The zero-order valence-corrected chi connectivity index (χ0v) is 12.5. The van der Waals surface area contributed by atoms with Gasteiger partial charge in [0.1, 0.15) is 5.75 Å². The first kappa shape index (κ1) is 16.8. The number of nitrogens with two attached hydrogens (primary N) is 1. The van der Waals surface area contributed by atoms with Crippen LogP contribution in [0.5, 0.6) is 5.75 Å². The van der Waals surface area contributed by atoms with Gasteiger partial charge in [-0.15, -0.1) is 0 Å². The highest BCUT2D eigenvalue weighted by molar-refractivity contribution is 5.26. The van der Waals surface area contributed by atoms with E-state index in [2.05, 4.69) is 10.4 Å². The molecule has 1 unspecified atom stereocenters. The minimum atomic E-state index is -0.0132. The van der Waals surface area contributed by atoms with E-state index in [4.69, 9.17) is 20.1 Å². The Labute approximate surface area is 120 Å². The van der Waals surface area contributed by atoms with Gasteiger partial charge in [-0.1, -0.05) is 0 Å². The molecule has 0 aliphatic heterocycles. The minimum absolute atomic E-state index is 0.0132. The summed E-state index contributed by atoms with van der Waals surface area (Å²) in [5, 5.41) is 0. The molecule has 1 rings (SSSR count). The highest BCUT2D eigenvalue weighted by atomic mass is 16.5. The molecule has 20 heavy (non-hydrogen) atoms.